The minimum absolute atomic E-state index is 0.0806. The van der Waals surface area contributed by atoms with Gasteiger partial charge in [-0.2, -0.15) is 13.2 Å². The molecule has 3 aromatic carbocycles. The zero-order chi connectivity index (χ0) is 26.7. The summed E-state index contributed by atoms with van der Waals surface area (Å²) < 4.78 is 45.5. The molecule has 0 fully saturated rings. The Morgan fingerprint density at radius 2 is 1.78 bits per heavy atom. The van der Waals surface area contributed by atoms with Crippen molar-refractivity contribution in [3.63, 3.8) is 0 Å². The summed E-state index contributed by atoms with van der Waals surface area (Å²) in [5.74, 6) is -1.54. The molecule has 0 bridgehead atoms. The van der Waals surface area contributed by atoms with Gasteiger partial charge < -0.3 is 20.7 Å². The number of para-hydroxylation sites is 1. The normalized spacial score (nSPS) is 12.8. The van der Waals surface area contributed by atoms with Crippen LogP contribution in [0.4, 0.5) is 35.9 Å². The van der Waals surface area contributed by atoms with Crippen molar-refractivity contribution in [1.82, 2.24) is 0 Å². The number of carbonyl (C=O) groups is 2. The standard InChI is InChI=1S/C26H22ClF3N4O3/c1-14-6-5-9-20(27)22(14)34-25(36)18-10-15(11-21-23(18)32-16(12-31-21)13-37-2)33-24(35)17-7-3-4-8-19(17)26(28,29)30/h3-11,31H,12-13H2,1-2H3,(H,33,35)(H,34,36). The minimum atomic E-state index is -4.71. The molecule has 3 aromatic rings. The van der Waals surface area contributed by atoms with Crippen molar-refractivity contribution in [2.45, 2.75) is 13.1 Å². The Hall–Kier alpha value is -3.89. The number of aliphatic imine (C=N–C) groups is 1. The number of hydrogen-bond acceptors (Lipinski definition) is 5. The average Bonchev–Trinajstić information content (AvgIpc) is 2.85. The molecule has 0 spiro atoms. The Labute approximate surface area is 215 Å². The summed E-state index contributed by atoms with van der Waals surface area (Å²) in [5, 5.41) is 8.70. The summed E-state index contributed by atoms with van der Waals surface area (Å²) in [6, 6.07) is 12.5. The van der Waals surface area contributed by atoms with E-state index >= 15 is 0 Å². The van der Waals surface area contributed by atoms with E-state index in [1.54, 1.807) is 25.1 Å². The van der Waals surface area contributed by atoms with Crippen LogP contribution >= 0.6 is 11.6 Å². The predicted molar refractivity (Wildman–Crippen MR) is 137 cm³/mol. The third-order valence-corrected chi connectivity index (χ3v) is 5.93. The Morgan fingerprint density at radius 1 is 1.05 bits per heavy atom. The molecule has 0 unspecified atom stereocenters. The van der Waals surface area contributed by atoms with Crippen molar-refractivity contribution in [3.05, 3.63) is 81.9 Å². The molecule has 0 atom stereocenters. The van der Waals surface area contributed by atoms with Crippen molar-refractivity contribution < 1.29 is 27.5 Å². The number of rotatable bonds is 6. The van der Waals surface area contributed by atoms with Crippen LogP contribution in [0.15, 0.2) is 59.6 Å². The van der Waals surface area contributed by atoms with Gasteiger partial charge in [0.05, 0.1) is 57.6 Å². The van der Waals surface area contributed by atoms with Gasteiger partial charge in [-0.05, 0) is 42.8 Å². The highest BCUT2D eigenvalue weighted by Crippen LogP contribution is 2.37. The Kier molecular flexibility index (Phi) is 7.51. The maximum atomic E-state index is 13.4. The van der Waals surface area contributed by atoms with Crippen LogP contribution < -0.4 is 16.0 Å². The van der Waals surface area contributed by atoms with Gasteiger partial charge >= 0.3 is 6.18 Å². The van der Waals surface area contributed by atoms with Gasteiger partial charge in [0.2, 0.25) is 0 Å². The maximum Gasteiger partial charge on any atom is 0.417 e. The fourth-order valence-corrected chi connectivity index (χ4v) is 4.15. The molecular weight excluding hydrogens is 509 g/mol. The van der Waals surface area contributed by atoms with Crippen molar-refractivity contribution in [3.8, 4) is 0 Å². The number of alkyl halides is 3. The largest absolute Gasteiger partial charge is 0.417 e. The molecule has 11 heteroatoms. The average molecular weight is 531 g/mol. The number of ether oxygens (including phenoxy) is 1. The third-order valence-electron chi connectivity index (χ3n) is 5.61. The second-order valence-corrected chi connectivity index (χ2v) is 8.68. The van der Waals surface area contributed by atoms with Gasteiger partial charge in [0.25, 0.3) is 11.8 Å². The lowest BCUT2D eigenvalue weighted by atomic mass is 10.0. The highest BCUT2D eigenvalue weighted by atomic mass is 35.5. The number of carbonyl (C=O) groups excluding carboxylic acids is 2. The quantitative estimate of drug-likeness (QED) is 0.348. The van der Waals surface area contributed by atoms with Crippen LogP contribution in [0.5, 0.6) is 0 Å². The van der Waals surface area contributed by atoms with E-state index in [4.69, 9.17) is 16.3 Å². The van der Waals surface area contributed by atoms with Gasteiger partial charge in [-0.15, -0.1) is 0 Å². The SMILES string of the molecule is COCC1=Nc2c(cc(NC(=O)c3ccccc3C(F)(F)F)cc2C(=O)Nc2c(C)cccc2Cl)NC1. The van der Waals surface area contributed by atoms with Crippen LogP contribution in [0.2, 0.25) is 5.02 Å². The van der Waals surface area contributed by atoms with E-state index < -0.39 is 29.1 Å². The molecule has 7 nitrogen and oxygen atoms in total. The van der Waals surface area contributed by atoms with Crippen molar-refractivity contribution >= 4 is 51.9 Å². The summed E-state index contributed by atoms with van der Waals surface area (Å²) in [7, 11) is 1.52. The molecule has 0 aromatic heterocycles. The second kappa shape index (κ2) is 10.6. The number of fused-ring (bicyclic) bond motifs is 1. The smallest absolute Gasteiger partial charge is 0.379 e. The van der Waals surface area contributed by atoms with E-state index in [2.05, 4.69) is 20.9 Å². The summed E-state index contributed by atoms with van der Waals surface area (Å²) in [4.78, 5) is 30.8. The molecule has 0 aliphatic carbocycles. The molecule has 1 aliphatic rings. The topological polar surface area (TPSA) is 91.8 Å². The molecule has 0 saturated heterocycles. The summed E-state index contributed by atoms with van der Waals surface area (Å²) >= 11 is 6.27. The molecule has 3 N–H and O–H groups in total. The summed E-state index contributed by atoms with van der Waals surface area (Å²) in [5.41, 5.74) is 1.07. The number of benzene rings is 3. The van der Waals surface area contributed by atoms with Gasteiger partial charge in [-0.25, -0.2) is 0 Å². The van der Waals surface area contributed by atoms with Gasteiger partial charge in [-0.3, -0.25) is 14.6 Å². The molecule has 1 aliphatic heterocycles. The van der Waals surface area contributed by atoms with E-state index in [-0.39, 0.29) is 17.9 Å². The maximum absolute atomic E-state index is 13.4. The predicted octanol–water partition coefficient (Wildman–Crippen LogP) is 6.32. The van der Waals surface area contributed by atoms with Crippen LogP contribution in [0.25, 0.3) is 0 Å². The van der Waals surface area contributed by atoms with E-state index in [0.29, 0.717) is 34.3 Å². The van der Waals surface area contributed by atoms with Gasteiger partial charge in [0.1, 0.15) is 0 Å². The number of amides is 2. The van der Waals surface area contributed by atoms with Gasteiger partial charge in [0.15, 0.2) is 0 Å². The molecule has 0 radical (unpaired) electrons. The van der Waals surface area contributed by atoms with E-state index in [0.717, 1.165) is 17.7 Å². The molecule has 4 rings (SSSR count). The Bertz CT molecular complexity index is 1390. The zero-order valence-electron chi connectivity index (χ0n) is 19.8. The second-order valence-electron chi connectivity index (χ2n) is 8.27. The number of halogens is 4. The lowest BCUT2D eigenvalue weighted by Gasteiger charge is -2.22. The molecular formula is C26H22ClF3N4O3. The minimum Gasteiger partial charge on any atom is -0.379 e. The Balaban J connectivity index is 1.74. The van der Waals surface area contributed by atoms with Crippen molar-refractivity contribution in [1.29, 1.82) is 0 Å². The van der Waals surface area contributed by atoms with Crippen LogP contribution in [0.3, 0.4) is 0 Å². The number of nitrogens with zero attached hydrogens (tertiary/aromatic N) is 1. The number of hydrogen-bond donors (Lipinski definition) is 3. The fourth-order valence-electron chi connectivity index (χ4n) is 3.88. The van der Waals surface area contributed by atoms with E-state index in [1.165, 1.54) is 31.4 Å². The third kappa shape index (κ3) is 5.76. The lowest BCUT2D eigenvalue weighted by Crippen LogP contribution is -2.24. The highest BCUT2D eigenvalue weighted by Gasteiger charge is 2.35. The number of aryl methyl sites for hydroxylation is 1. The first-order chi connectivity index (χ1) is 17.6. The summed E-state index contributed by atoms with van der Waals surface area (Å²) in [6.45, 7) is 2.33. The van der Waals surface area contributed by atoms with Crippen LogP contribution in [0.1, 0.15) is 31.8 Å². The van der Waals surface area contributed by atoms with Crippen LogP contribution in [0, 0.1) is 6.92 Å². The Morgan fingerprint density at radius 3 is 2.49 bits per heavy atom. The number of nitrogens with one attached hydrogen (secondary N) is 3. The monoisotopic (exact) mass is 530 g/mol. The first kappa shape index (κ1) is 26.2. The molecule has 0 saturated carbocycles. The first-order valence-electron chi connectivity index (χ1n) is 11.1. The van der Waals surface area contributed by atoms with Gasteiger partial charge in [-0.1, -0.05) is 35.9 Å². The van der Waals surface area contributed by atoms with E-state index in [1.807, 2.05) is 0 Å². The molecule has 2 amide bonds. The molecule has 1 heterocycles. The van der Waals surface area contributed by atoms with Crippen LogP contribution in [-0.2, 0) is 10.9 Å². The van der Waals surface area contributed by atoms with Gasteiger partial charge in [0, 0.05) is 12.8 Å². The number of anilines is 3. The van der Waals surface area contributed by atoms with Crippen LogP contribution in [-0.4, -0.2) is 37.8 Å². The van der Waals surface area contributed by atoms with E-state index in [9.17, 15) is 22.8 Å². The lowest BCUT2D eigenvalue weighted by molar-refractivity contribution is -0.137. The molecule has 37 heavy (non-hydrogen) atoms. The fraction of sp³-hybridized carbons (Fsp3) is 0.192. The zero-order valence-corrected chi connectivity index (χ0v) is 20.6. The van der Waals surface area contributed by atoms with Crippen molar-refractivity contribution in [2.24, 2.45) is 4.99 Å². The first-order valence-corrected chi connectivity index (χ1v) is 11.5. The molecule has 192 valence electrons. The van der Waals surface area contributed by atoms with Crippen molar-refractivity contribution in [2.75, 3.05) is 36.2 Å². The summed E-state index contributed by atoms with van der Waals surface area (Å²) in [6.07, 6.45) is -4.71. The highest BCUT2D eigenvalue weighted by molar-refractivity contribution is 6.34. The number of methoxy groups -OCH3 is 1.